The van der Waals surface area contributed by atoms with Gasteiger partial charge in [0.15, 0.2) is 5.13 Å². The Kier molecular flexibility index (Phi) is 3.61. The van der Waals surface area contributed by atoms with E-state index < -0.39 is 0 Å². The number of nitrogens with one attached hydrogen (secondary N) is 1. The zero-order valence-electron chi connectivity index (χ0n) is 11.8. The fourth-order valence-electron chi connectivity index (χ4n) is 3.07. The number of thiazole rings is 1. The molecule has 7 heteroatoms. The van der Waals surface area contributed by atoms with Crippen LogP contribution in [0.25, 0.3) is 0 Å². The molecule has 0 spiro atoms. The first-order valence-corrected chi connectivity index (χ1v) is 8.62. The van der Waals surface area contributed by atoms with E-state index >= 15 is 0 Å². The van der Waals surface area contributed by atoms with Gasteiger partial charge in [-0.15, -0.1) is 0 Å². The van der Waals surface area contributed by atoms with Crippen molar-refractivity contribution >= 4 is 28.1 Å². The Labute approximate surface area is 133 Å². The monoisotopic (exact) mass is 323 g/mol. The van der Waals surface area contributed by atoms with Gasteiger partial charge >= 0.3 is 0 Å². The number of imidazole rings is 1. The van der Waals surface area contributed by atoms with Crippen molar-refractivity contribution in [2.24, 2.45) is 0 Å². The molecular formula is C14H18ClN5S. The second kappa shape index (κ2) is 5.59. The smallest absolute Gasteiger partial charge is 0.187 e. The van der Waals surface area contributed by atoms with Gasteiger partial charge < -0.3 is 9.88 Å². The zero-order chi connectivity index (χ0) is 14.2. The number of aromatic amines is 1. The van der Waals surface area contributed by atoms with Crippen LogP contribution < -0.4 is 4.90 Å². The molecule has 2 aromatic rings. The standard InChI is InChI=1S/C14H18ClN5S/c15-13-12(21-14(18-13)20-4-1-2-5-20)8-19-6-3-10-11(7-19)17-9-16-10/h9H,1-8H2,(H,16,17). The van der Waals surface area contributed by atoms with Crippen LogP contribution in [0.1, 0.15) is 29.1 Å². The Bertz CT molecular complexity index is 631. The summed E-state index contributed by atoms with van der Waals surface area (Å²) < 4.78 is 0. The first-order chi connectivity index (χ1) is 10.3. The number of halogens is 1. The van der Waals surface area contributed by atoms with E-state index in [1.165, 1.54) is 29.1 Å². The fraction of sp³-hybridized carbons (Fsp3) is 0.571. The summed E-state index contributed by atoms with van der Waals surface area (Å²) in [6.45, 7) is 5.06. The average Bonchev–Trinajstić information content (AvgIpc) is 3.20. The van der Waals surface area contributed by atoms with E-state index in [4.69, 9.17) is 11.6 Å². The lowest BCUT2D eigenvalue weighted by Gasteiger charge is -2.25. The highest BCUT2D eigenvalue weighted by molar-refractivity contribution is 7.16. The van der Waals surface area contributed by atoms with Gasteiger partial charge in [0.1, 0.15) is 5.15 Å². The maximum Gasteiger partial charge on any atom is 0.187 e. The molecule has 0 saturated carbocycles. The number of anilines is 1. The van der Waals surface area contributed by atoms with Crippen LogP contribution in [-0.2, 0) is 19.5 Å². The molecule has 1 N–H and O–H groups in total. The molecule has 2 aliphatic rings. The zero-order valence-corrected chi connectivity index (χ0v) is 13.4. The number of hydrogen-bond donors (Lipinski definition) is 1. The van der Waals surface area contributed by atoms with E-state index in [0.717, 1.165) is 44.3 Å². The van der Waals surface area contributed by atoms with Crippen molar-refractivity contribution in [2.45, 2.75) is 32.4 Å². The minimum Gasteiger partial charge on any atom is -0.348 e. The summed E-state index contributed by atoms with van der Waals surface area (Å²) in [5.74, 6) is 0. The Morgan fingerprint density at radius 1 is 1.29 bits per heavy atom. The van der Waals surface area contributed by atoms with Gasteiger partial charge in [0, 0.05) is 39.1 Å². The molecule has 2 aromatic heterocycles. The Hall–Kier alpha value is -1.11. The molecule has 0 atom stereocenters. The Morgan fingerprint density at radius 3 is 3.00 bits per heavy atom. The summed E-state index contributed by atoms with van der Waals surface area (Å²) in [6, 6.07) is 0. The number of nitrogens with zero attached hydrogens (tertiary/aromatic N) is 4. The average molecular weight is 324 g/mol. The van der Waals surface area contributed by atoms with Crippen molar-refractivity contribution in [3.05, 3.63) is 27.7 Å². The molecule has 0 aromatic carbocycles. The lowest BCUT2D eigenvalue weighted by molar-refractivity contribution is 0.243. The van der Waals surface area contributed by atoms with Crippen LogP contribution in [0.2, 0.25) is 5.15 Å². The highest BCUT2D eigenvalue weighted by Crippen LogP contribution is 2.33. The maximum atomic E-state index is 6.35. The molecule has 1 saturated heterocycles. The quantitative estimate of drug-likeness (QED) is 0.943. The van der Waals surface area contributed by atoms with E-state index in [0.29, 0.717) is 5.15 Å². The van der Waals surface area contributed by atoms with Gasteiger partial charge in [-0.3, -0.25) is 4.90 Å². The summed E-state index contributed by atoms with van der Waals surface area (Å²) in [6.07, 6.45) is 5.33. The molecule has 4 rings (SSSR count). The van der Waals surface area contributed by atoms with Crippen LogP contribution >= 0.6 is 22.9 Å². The second-order valence-corrected chi connectivity index (χ2v) is 7.11. The van der Waals surface area contributed by atoms with E-state index in [9.17, 15) is 0 Å². The van der Waals surface area contributed by atoms with Gasteiger partial charge in [0.2, 0.25) is 0 Å². The van der Waals surface area contributed by atoms with Crippen molar-refractivity contribution < 1.29 is 0 Å². The third-order valence-corrected chi connectivity index (χ3v) is 5.76. The molecule has 0 aliphatic carbocycles. The normalized spacial score (nSPS) is 19.2. The molecule has 0 radical (unpaired) electrons. The number of hydrogen-bond acceptors (Lipinski definition) is 5. The first kappa shape index (κ1) is 13.5. The number of rotatable bonds is 3. The van der Waals surface area contributed by atoms with Crippen molar-refractivity contribution in [3.63, 3.8) is 0 Å². The molecular weight excluding hydrogens is 306 g/mol. The summed E-state index contributed by atoms with van der Waals surface area (Å²) >= 11 is 8.10. The van der Waals surface area contributed by atoms with Gasteiger partial charge in [-0.25, -0.2) is 9.97 Å². The van der Waals surface area contributed by atoms with Gasteiger partial charge in [-0.1, -0.05) is 22.9 Å². The van der Waals surface area contributed by atoms with E-state index in [-0.39, 0.29) is 0 Å². The van der Waals surface area contributed by atoms with E-state index in [1.807, 2.05) is 0 Å². The lowest BCUT2D eigenvalue weighted by atomic mass is 10.1. The fourth-order valence-corrected chi connectivity index (χ4v) is 4.42. The SMILES string of the molecule is Clc1nc(N2CCCC2)sc1CN1CCc2nc[nH]c2C1. The molecule has 4 heterocycles. The van der Waals surface area contributed by atoms with Crippen LogP contribution in [0.15, 0.2) is 6.33 Å². The predicted molar refractivity (Wildman–Crippen MR) is 85.0 cm³/mol. The Morgan fingerprint density at radius 2 is 2.14 bits per heavy atom. The Balaban J connectivity index is 1.47. The molecule has 5 nitrogen and oxygen atoms in total. The molecule has 0 unspecified atom stereocenters. The topological polar surface area (TPSA) is 48.1 Å². The number of aromatic nitrogens is 3. The minimum atomic E-state index is 0.678. The predicted octanol–water partition coefficient (Wildman–Crippen LogP) is 2.68. The lowest BCUT2D eigenvalue weighted by Crippen LogP contribution is -2.29. The van der Waals surface area contributed by atoms with Crippen LogP contribution in [-0.4, -0.2) is 39.5 Å². The molecule has 0 bridgehead atoms. The van der Waals surface area contributed by atoms with Crippen LogP contribution in [0.3, 0.4) is 0 Å². The largest absolute Gasteiger partial charge is 0.348 e. The molecule has 2 aliphatic heterocycles. The van der Waals surface area contributed by atoms with Crippen molar-refractivity contribution in [1.29, 1.82) is 0 Å². The van der Waals surface area contributed by atoms with Gasteiger partial charge in [0.25, 0.3) is 0 Å². The third-order valence-electron chi connectivity index (χ3n) is 4.24. The van der Waals surface area contributed by atoms with Crippen LogP contribution in [0, 0.1) is 0 Å². The molecule has 0 amide bonds. The van der Waals surface area contributed by atoms with Gasteiger partial charge in [0.05, 0.1) is 22.6 Å². The maximum absolute atomic E-state index is 6.35. The van der Waals surface area contributed by atoms with E-state index in [1.54, 1.807) is 17.7 Å². The third kappa shape index (κ3) is 2.67. The summed E-state index contributed by atoms with van der Waals surface area (Å²) in [7, 11) is 0. The number of fused-ring (bicyclic) bond motifs is 1. The van der Waals surface area contributed by atoms with Crippen LogP contribution in [0.5, 0.6) is 0 Å². The van der Waals surface area contributed by atoms with E-state index in [2.05, 4.69) is 24.8 Å². The molecule has 21 heavy (non-hydrogen) atoms. The molecule has 112 valence electrons. The van der Waals surface area contributed by atoms with Gasteiger partial charge in [-0.05, 0) is 12.8 Å². The highest BCUT2D eigenvalue weighted by Gasteiger charge is 2.22. The highest BCUT2D eigenvalue weighted by atomic mass is 35.5. The second-order valence-electron chi connectivity index (χ2n) is 5.69. The molecule has 1 fully saturated rings. The summed E-state index contributed by atoms with van der Waals surface area (Å²) in [4.78, 5) is 18.1. The van der Waals surface area contributed by atoms with Crippen LogP contribution in [0.4, 0.5) is 5.13 Å². The first-order valence-electron chi connectivity index (χ1n) is 7.43. The van der Waals surface area contributed by atoms with Gasteiger partial charge in [-0.2, -0.15) is 0 Å². The summed E-state index contributed by atoms with van der Waals surface area (Å²) in [5.41, 5.74) is 2.45. The van der Waals surface area contributed by atoms with Crippen molar-refractivity contribution in [2.75, 3.05) is 24.5 Å². The number of H-pyrrole nitrogens is 1. The van der Waals surface area contributed by atoms with Crippen molar-refractivity contribution in [1.82, 2.24) is 19.9 Å². The minimum absolute atomic E-state index is 0.678. The van der Waals surface area contributed by atoms with Crippen molar-refractivity contribution in [3.8, 4) is 0 Å². The summed E-state index contributed by atoms with van der Waals surface area (Å²) in [5, 5.41) is 1.77.